The van der Waals surface area contributed by atoms with Crippen LogP contribution in [-0.2, 0) is 13.0 Å². The molecule has 1 N–H and O–H groups in total. The molecule has 4 atom stereocenters. The summed E-state index contributed by atoms with van der Waals surface area (Å²) in [7, 11) is 2.19. The molecule has 2 aromatic carbocycles. The zero-order valence-electron chi connectivity index (χ0n) is 22.4. The molecule has 3 aromatic rings. The second-order valence-corrected chi connectivity index (χ2v) is 12.1. The number of ether oxygens (including phenoxy) is 1. The SMILES string of the molecule is C[C@@H]1CC2CN(c3nc(OC[C@@H]4CCCN4C)nc4c3CCN(c3cccc5cccc(Cl)c35)C4)CC1N2. The third-order valence-electron chi connectivity index (χ3n) is 9.22. The van der Waals surface area contributed by atoms with E-state index in [0.717, 1.165) is 61.1 Å². The number of likely N-dealkylation sites (N-methyl/N-ethyl adjacent to an activating group) is 1. The lowest BCUT2D eigenvalue weighted by molar-refractivity contribution is 0.187. The van der Waals surface area contributed by atoms with Crippen LogP contribution in [0.2, 0.25) is 5.02 Å². The summed E-state index contributed by atoms with van der Waals surface area (Å²) < 4.78 is 6.33. The highest BCUT2D eigenvalue weighted by Gasteiger charge is 2.39. The summed E-state index contributed by atoms with van der Waals surface area (Å²) in [5.41, 5.74) is 3.54. The molecule has 4 aliphatic rings. The van der Waals surface area contributed by atoms with E-state index in [1.54, 1.807) is 0 Å². The van der Waals surface area contributed by atoms with Gasteiger partial charge in [-0.25, -0.2) is 0 Å². The second-order valence-electron chi connectivity index (χ2n) is 11.7. The van der Waals surface area contributed by atoms with Crippen LogP contribution in [0.3, 0.4) is 0 Å². The smallest absolute Gasteiger partial charge is 0.318 e. The van der Waals surface area contributed by atoms with Gasteiger partial charge in [0.15, 0.2) is 0 Å². The first kappa shape index (κ1) is 24.4. The van der Waals surface area contributed by atoms with Gasteiger partial charge in [0, 0.05) is 54.4 Å². The lowest BCUT2D eigenvalue weighted by Crippen LogP contribution is -2.52. The summed E-state index contributed by atoms with van der Waals surface area (Å²) >= 11 is 6.70. The fourth-order valence-electron chi connectivity index (χ4n) is 7.08. The summed E-state index contributed by atoms with van der Waals surface area (Å²) in [5, 5.41) is 6.88. The number of hydrogen-bond donors (Lipinski definition) is 1. The predicted molar refractivity (Wildman–Crippen MR) is 154 cm³/mol. The summed E-state index contributed by atoms with van der Waals surface area (Å²) in [6.07, 6.45) is 4.54. The second kappa shape index (κ2) is 9.85. The minimum atomic E-state index is 0.434. The Balaban J connectivity index is 1.23. The van der Waals surface area contributed by atoms with Crippen molar-refractivity contribution in [2.45, 2.75) is 57.3 Å². The first-order valence-corrected chi connectivity index (χ1v) is 14.6. The molecule has 3 saturated heterocycles. The Bertz CT molecular complexity index is 1340. The van der Waals surface area contributed by atoms with Crippen molar-refractivity contribution in [3.8, 4) is 6.01 Å². The lowest BCUT2D eigenvalue weighted by atomic mass is 10.0. The molecule has 0 amide bonds. The highest BCUT2D eigenvalue weighted by atomic mass is 35.5. The molecule has 2 unspecified atom stereocenters. The molecule has 1 aromatic heterocycles. The minimum absolute atomic E-state index is 0.434. The van der Waals surface area contributed by atoms with E-state index >= 15 is 0 Å². The van der Waals surface area contributed by atoms with Gasteiger partial charge in [-0.05, 0) is 62.7 Å². The van der Waals surface area contributed by atoms with Gasteiger partial charge in [-0.2, -0.15) is 9.97 Å². The molecule has 0 saturated carbocycles. The summed E-state index contributed by atoms with van der Waals surface area (Å²) in [5.74, 6) is 1.79. The van der Waals surface area contributed by atoms with E-state index in [1.165, 1.54) is 35.9 Å². The molecular weight excluding hydrogens is 496 g/mol. The molecular formula is C30H37ClN6O. The number of likely N-dealkylation sites (tertiary alicyclic amines) is 1. The molecule has 8 heteroatoms. The lowest BCUT2D eigenvalue weighted by Gasteiger charge is -2.38. The largest absolute Gasteiger partial charge is 0.462 e. The van der Waals surface area contributed by atoms with Crippen LogP contribution in [0, 0.1) is 5.92 Å². The fraction of sp³-hybridized carbons (Fsp3) is 0.533. The topological polar surface area (TPSA) is 56.8 Å². The van der Waals surface area contributed by atoms with Crippen LogP contribution in [0.25, 0.3) is 10.8 Å². The third kappa shape index (κ3) is 4.38. The van der Waals surface area contributed by atoms with Crippen molar-refractivity contribution in [2.24, 2.45) is 5.92 Å². The Morgan fingerprint density at radius 2 is 1.95 bits per heavy atom. The average molecular weight is 533 g/mol. The number of hydrogen-bond acceptors (Lipinski definition) is 7. The number of rotatable bonds is 5. The Hall–Kier alpha value is -2.61. The van der Waals surface area contributed by atoms with Gasteiger partial charge in [0.25, 0.3) is 0 Å². The third-order valence-corrected chi connectivity index (χ3v) is 9.54. The molecule has 3 fully saturated rings. The average Bonchev–Trinajstić information content (AvgIpc) is 3.46. The number of benzene rings is 2. The molecule has 4 aliphatic heterocycles. The molecule has 5 heterocycles. The Morgan fingerprint density at radius 1 is 1.08 bits per heavy atom. The van der Waals surface area contributed by atoms with Crippen LogP contribution in [-0.4, -0.2) is 72.8 Å². The van der Waals surface area contributed by atoms with Crippen molar-refractivity contribution in [3.63, 3.8) is 0 Å². The standard InChI is InChI=1S/C30H37ClN6O/c1-19-14-21-15-37(16-25(19)32-21)29-23-11-13-36(27-10-4-7-20-6-3-9-24(31)28(20)27)17-26(23)33-30(34-29)38-18-22-8-5-12-35(22)2/h3-4,6-7,9-10,19,21-22,25,32H,5,8,11-18H2,1-2H3/t19-,21?,22+,25?/m1/s1. The van der Waals surface area contributed by atoms with Crippen LogP contribution in [0.1, 0.15) is 37.4 Å². The zero-order chi connectivity index (χ0) is 25.8. The first-order chi connectivity index (χ1) is 18.5. The number of halogens is 1. The number of aromatic nitrogens is 2. The quantitative estimate of drug-likeness (QED) is 0.519. The molecule has 7 rings (SSSR count). The van der Waals surface area contributed by atoms with Crippen molar-refractivity contribution < 1.29 is 4.74 Å². The van der Waals surface area contributed by atoms with Crippen LogP contribution in [0.4, 0.5) is 11.5 Å². The van der Waals surface area contributed by atoms with E-state index in [1.807, 2.05) is 12.1 Å². The predicted octanol–water partition coefficient (Wildman–Crippen LogP) is 4.51. The maximum atomic E-state index is 6.70. The van der Waals surface area contributed by atoms with Crippen molar-refractivity contribution in [3.05, 3.63) is 52.7 Å². The Kier molecular flexibility index (Phi) is 6.33. The van der Waals surface area contributed by atoms with Gasteiger partial charge in [0.2, 0.25) is 0 Å². The molecule has 7 nitrogen and oxygen atoms in total. The number of piperazine rings is 1. The number of nitrogens with one attached hydrogen (secondary N) is 1. The van der Waals surface area contributed by atoms with E-state index in [4.69, 9.17) is 26.3 Å². The molecule has 0 spiro atoms. The van der Waals surface area contributed by atoms with Crippen molar-refractivity contribution in [1.82, 2.24) is 20.2 Å². The van der Waals surface area contributed by atoms with E-state index in [9.17, 15) is 0 Å². The highest BCUT2D eigenvalue weighted by molar-refractivity contribution is 6.36. The maximum Gasteiger partial charge on any atom is 0.318 e. The van der Waals surface area contributed by atoms with Crippen LogP contribution < -0.4 is 19.9 Å². The number of nitrogens with zero attached hydrogens (tertiary/aromatic N) is 5. The van der Waals surface area contributed by atoms with E-state index in [-0.39, 0.29) is 0 Å². The molecule has 0 aliphatic carbocycles. The van der Waals surface area contributed by atoms with Gasteiger partial charge in [0.1, 0.15) is 12.4 Å². The van der Waals surface area contributed by atoms with Crippen LogP contribution in [0.15, 0.2) is 36.4 Å². The van der Waals surface area contributed by atoms with Gasteiger partial charge >= 0.3 is 6.01 Å². The zero-order valence-corrected chi connectivity index (χ0v) is 23.1. The van der Waals surface area contributed by atoms with E-state index in [2.05, 4.69) is 58.3 Å². The van der Waals surface area contributed by atoms with E-state index in [0.29, 0.717) is 36.7 Å². The minimum Gasteiger partial charge on any atom is -0.462 e. The molecule has 0 radical (unpaired) electrons. The summed E-state index contributed by atoms with van der Waals surface area (Å²) in [6, 6.07) is 14.6. The Labute approximate surface area is 230 Å². The van der Waals surface area contributed by atoms with Crippen LogP contribution in [0.5, 0.6) is 6.01 Å². The number of fused-ring (bicyclic) bond motifs is 4. The summed E-state index contributed by atoms with van der Waals surface area (Å²) in [6.45, 7) is 7.78. The fourth-order valence-corrected chi connectivity index (χ4v) is 7.36. The normalized spacial score (nSPS) is 27.2. The molecule has 200 valence electrons. The van der Waals surface area contributed by atoms with Gasteiger partial charge in [-0.3, -0.25) is 0 Å². The monoisotopic (exact) mass is 532 g/mol. The van der Waals surface area contributed by atoms with Gasteiger partial charge in [0.05, 0.1) is 17.3 Å². The summed E-state index contributed by atoms with van der Waals surface area (Å²) in [4.78, 5) is 17.4. The molecule has 38 heavy (non-hydrogen) atoms. The number of anilines is 2. The van der Waals surface area contributed by atoms with Gasteiger partial charge in [-0.1, -0.05) is 42.8 Å². The van der Waals surface area contributed by atoms with Gasteiger partial charge in [-0.15, -0.1) is 0 Å². The van der Waals surface area contributed by atoms with Crippen molar-refractivity contribution >= 4 is 33.9 Å². The first-order valence-electron chi connectivity index (χ1n) is 14.2. The van der Waals surface area contributed by atoms with Crippen molar-refractivity contribution in [2.75, 3.05) is 49.6 Å². The van der Waals surface area contributed by atoms with Crippen molar-refractivity contribution in [1.29, 1.82) is 0 Å². The molecule has 2 bridgehead atoms. The maximum absolute atomic E-state index is 6.70. The van der Waals surface area contributed by atoms with E-state index < -0.39 is 0 Å². The van der Waals surface area contributed by atoms with Crippen LogP contribution >= 0.6 is 11.6 Å². The van der Waals surface area contributed by atoms with Gasteiger partial charge < -0.3 is 24.8 Å². The highest BCUT2D eigenvalue weighted by Crippen LogP contribution is 2.38. The Morgan fingerprint density at radius 3 is 2.76 bits per heavy atom.